The second-order valence-electron chi connectivity index (χ2n) is 5.44. The molecule has 20 heavy (non-hydrogen) atoms. The Morgan fingerprint density at radius 3 is 2.55 bits per heavy atom. The largest absolute Gasteiger partial charge is 0.491 e. The summed E-state index contributed by atoms with van der Waals surface area (Å²) in [6, 6.07) is 8.33. The zero-order chi connectivity index (χ0) is 14.2. The monoisotopic (exact) mass is 278 g/mol. The number of nitrogens with one attached hydrogen (secondary N) is 1. The number of nitrogens with zero attached hydrogens (tertiary/aromatic N) is 1. The summed E-state index contributed by atoms with van der Waals surface area (Å²) in [5.74, 6) is 0.942. The zero-order valence-electron chi connectivity index (χ0n) is 12.6. The van der Waals surface area contributed by atoms with Gasteiger partial charge in [-0.05, 0) is 31.5 Å². The molecule has 0 atom stereocenters. The SMILES string of the molecule is CC(C)Oc1ccc(CNCCN2CCOCC2)cc1. The third-order valence-electron chi connectivity index (χ3n) is 3.33. The lowest BCUT2D eigenvalue weighted by atomic mass is 10.2. The van der Waals surface area contributed by atoms with Crippen LogP contribution in [0, 0.1) is 0 Å². The van der Waals surface area contributed by atoms with Crippen LogP contribution in [0.4, 0.5) is 0 Å². The van der Waals surface area contributed by atoms with E-state index in [1.54, 1.807) is 0 Å². The Morgan fingerprint density at radius 2 is 1.90 bits per heavy atom. The first-order valence-electron chi connectivity index (χ1n) is 7.50. The molecule has 0 spiro atoms. The minimum Gasteiger partial charge on any atom is -0.491 e. The third-order valence-corrected chi connectivity index (χ3v) is 3.33. The van der Waals surface area contributed by atoms with E-state index >= 15 is 0 Å². The Balaban J connectivity index is 1.63. The van der Waals surface area contributed by atoms with Crippen LogP contribution in [0.1, 0.15) is 19.4 Å². The maximum Gasteiger partial charge on any atom is 0.119 e. The smallest absolute Gasteiger partial charge is 0.119 e. The van der Waals surface area contributed by atoms with Crippen molar-refractivity contribution in [3.05, 3.63) is 29.8 Å². The molecule has 1 aliphatic heterocycles. The molecule has 0 unspecified atom stereocenters. The topological polar surface area (TPSA) is 33.7 Å². The molecular weight excluding hydrogens is 252 g/mol. The highest BCUT2D eigenvalue weighted by Gasteiger charge is 2.08. The summed E-state index contributed by atoms with van der Waals surface area (Å²) in [4.78, 5) is 2.44. The van der Waals surface area contributed by atoms with Crippen molar-refractivity contribution in [3.8, 4) is 5.75 Å². The molecule has 4 heteroatoms. The van der Waals surface area contributed by atoms with Gasteiger partial charge in [-0.25, -0.2) is 0 Å². The van der Waals surface area contributed by atoms with E-state index in [0.717, 1.165) is 51.7 Å². The van der Waals surface area contributed by atoms with Crippen molar-refractivity contribution in [3.63, 3.8) is 0 Å². The molecule has 1 aromatic carbocycles. The minimum absolute atomic E-state index is 0.229. The Kier molecular flexibility index (Phi) is 6.30. The van der Waals surface area contributed by atoms with Crippen molar-refractivity contribution in [2.24, 2.45) is 0 Å². The number of hydrogen-bond acceptors (Lipinski definition) is 4. The van der Waals surface area contributed by atoms with Crippen molar-refractivity contribution in [1.29, 1.82) is 0 Å². The Bertz CT molecular complexity index is 373. The van der Waals surface area contributed by atoms with Crippen molar-refractivity contribution >= 4 is 0 Å². The number of ether oxygens (including phenoxy) is 2. The van der Waals surface area contributed by atoms with E-state index in [4.69, 9.17) is 9.47 Å². The van der Waals surface area contributed by atoms with Crippen LogP contribution in [0.25, 0.3) is 0 Å². The van der Waals surface area contributed by atoms with Crippen LogP contribution in [-0.2, 0) is 11.3 Å². The van der Waals surface area contributed by atoms with Gasteiger partial charge in [0.05, 0.1) is 19.3 Å². The lowest BCUT2D eigenvalue weighted by Gasteiger charge is -2.26. The fraction of sp³-hybridized carbons (Fsp3) is 0.625. The van der Waals surface area contributed by atoms with Crippen molar-refractivity contribution in [2.45, 2.75) is 26.5 Å². The van der Waals surface area contributed by atoms with Crippen molar-refractivity contribution in [2.75, 3.05) is 39.4 Å². The van der Waals surface area contributed by atoms with E-state index in [0.29, 0.717) is 0 Å². The van der Waals surface area contributed by atoms with Gasteiger partial charge in [0.15, 0.2) is 0 Å². The van der Waals surface area contributed by atoms with Gasteiger partial charge >= 0.3 is 0 Å². The summed E-state index contributed by atoms with van der Waals surface area (Å²) in [5, 5.41) is 3.49. The van der Waals surface area contributed by atoms with E-state index < -0.39 is 0 Å². The molecule has 1 aromatic rings. The first-order valence-corrected chi connectivity index (χ1v) is 7.50. The Hall–Kier alpha value is -1.10. The normalized spacial score (nSPS) is 16.6. The van der Waals surface area contributed by atoms with Gasteiger partial charge in [-0.2, -0.15) is 0 Å². The highest BCUT2D eigenvalue weighted by Crippen LogP contribution is 2.13. The third kappa shape index (κ3) is 5.49. The quantitative estimate of drug-likeness (QED) is 0.772. The van der Waals surface area contributed by atoms with Gasteiger partial charge in [-0.1, -0.05) is 12.1 Å². The highest BCUT2D eigenvalue weighted by atomic mass is 16.5. The fourth-order valence-corrected chi connectivity index (χ4v) is 2.25. The molecule has 112 valence electrons. The Morgan fingerprint density at radius 1 is 1.20 bits per heavy atom. The predicted molar refractivity (Wildman–Crippen MR) is 81.2 cm³/mol. The lowest BCUT2D eigenvalue weighted by Crippen LogP contribution is -2.40. The van der Waals surface area contributed by atoms with E-state index in [2.05, 4.69) is 22.3 Å². The van der Waals surface area contributed by atoms with E-state index in [-0.39, 0.29) is 6.10 Å². The van der Waals surface area contributed by atoms with Crippen LogP contribution < -0.4 is 10.1 Å². The predicted octanol–water partition coefficient (Wildman–Crippen LogP) is 1.90. The molecule has 1 fully saturated rings. The van der Waals surface area contributed by atoms with Crippen molar-refractivity contribution in [1.82, 2.24) is 10.2 Å². The van der Waals surface area contributed by atoms with Crippen molar-refractivity contribution < 1.29 is 9.47 Å². The van der Waals surface area contributed by atoms with Crippen LogP contribution >= 0.6 is 0 Å². The van der Waals surface area contributed by atoms with Gasteiger partial charge in [-0.15, -0.1) is 0 Å². The zero-order valence-corrected chi connectivity index (χ0v) is 12.6. The maximum absolute atomic E-state index is 5.64. The summed E-state index contributed by atoms with van der Waals surface area (Å²) >= 11 is 0. The summed E-state index contributed by atoms with van der Waals surface area (Å²) in [5.41, 5.74) is 1.29. The highest BCUT2D eigenvalue weighted by molar-refractivity contribution is 5.27. The van der Waals surface area contributed by atoms with Crippen LogP contribution in [0.15, 0.2) is 24.3 Å². The molecule has 0 bridgehead atoms. The second kappa shape index (κ2) is 8.25. The van der Waals surface area contributed by atoms with E-state index in [9.17, 15) is 0 Å². The van der Waals surface area contributed by atoms with Crippen LogP contribution in [0.2, 0.25) is 0 Å². The summed E-state index contributed by atoms with van der Waals surface area (Å²) in [6.45, 7) is 11.0. The molecule has 1 aliphatic rings. The molecule has 4 nitrogen and oxygen atoms in total. The molecular formula is C16H26N2O2. The molecule has 2 rings (SSSR count). The average molecular weight is 278 g/mol. The van der Waals surface area contributed by atoms with Gasteiger partial charge in [0, 0.05) is 32.7 Å². The fourth-order valence-electron chi connectivity index (χ4n) is 2.25. The molecule has 0 saturated carbocycles. The molecule has 0 aliphatic carbocycles. The van der Waals surface area contributed by atoms with E-state index in [1.165, 1.54) is 5.56 Å². The molecule has 0 aromatic heterocycles. The number of rotatable bonds is 7. The average Bonchev–Trinajstić information content (AvgIpc) is 2.46. The van der Waals surface area contributed by atoms with Gasteiger partial charge in [0.1, 0.15) is 5.75 Å². The lowest BCUT2D eigenvalue weighted by molar-refractivity contribution is 0.0384. The Labute approximate surface area is 122 Å². The standard InChI is InChI=1S/C16H26N2O2/c1-14(2)20-16-5-3-15(4-6-16)13-17-7-8-18-9-11-19-12-10-18/h3-6,14,17H,7-13H2,1-2H3. The second-order valence-corrected chi connectivity index (χ2v) is 5.44. The summed E-state index contributed by atoms with van der Waals surface area (Å²) in [7, 11) is 0. The molecule has 0 radical (unpaired) electrons. The maximum atomic E-state index is 5.64. The van der Waals surface area contributed by atoms with Crippen LogP contribution in [0.3, 0.4) is 0 Å². The molecule has 1 heterocycles. The van der Waals surface area contributed by atoms with Gasteiger partial charge in [0.25, 0.3) is 0 Å². The number of morpholine rings is 1. The van der Waals surface area contributed by atoms with Crippen LogP contribution in [-0.4, -0.2) is 50.4 Å². The first-order chi connectivity index (χ1) is 9.74. The van der Waals surface area contributed by atoms with Gasteiger partial charge in [-0.3, -0.25) is 4.90 Å². The summed E-state index contributed by atoms with van der Waals surface area (Å²) in [6.07, 6.45) is 0.229. The number of hydrogen-bond donors (Lipinski definition) is 1. The van der Waals surface area contributed by atoms with Gasteiger partial charge < -0.3 is 14.8 Å². The molecule has 1 N–H and O–H groups in total. The molecule has 0 amide bonds. The van der Waals surface area contributed by atoms with Crippen LogP contribution in [0.5, 0.6) is 5.75 Å². The summed E-state index contributed by atoms with van der Waals surface area (Å²) < 4.78 is 11.0. The van der Waals surface area contributed by atoms with Gasteiger partial charge in [0.2, 0.25) is 0 Å². The van der Waals surface area contributed by atoms with E-state index in [1.807, 2.05) is 26.0 Å². The number of benzene rings is 1. The molecule has 1 saturated heterocycles. The minimum atomic E-state index is 0.229. The first kappa shape index (κ1) is 15.3.